The van der Waals surface area contributed by atoms with Crippen molar-refractivity contribution in [2.24, 2.45) is 5.92 Å². The topological polar surface area (TPSA) is 110 Å². The molecular weight excluding hydrogens is 418 g/mol. The Hall–Kier alpha value is -3.55. The quantitative estimate of drug-likeness (QED) is 0.572. The van der Waals surface area contributed by atoms with Gasteiger partial charge >= 0.3 is 0 Å². The van der Waals surface area contributed by atoms with E-state index in [0.717, 1.165) is 35.1 Å². The summed E-state index contributed by atoms with van der Waals surface area (Å²) in [4.78, 5) is 33.1. The number of pyridine rings is 1. The van der Waals surface area contributed by atoms with E-state index in [1.165, 1.54) is 0 Å². The molecule has 1 atom stereocenters. The first-order valence-electron chi connectivity index (χ1n) is 11.1. The van der Waals surface area contributed by atoms with Crippen LogP contribution in [-0.4, -0.2) is 26.9 Å². The highest BCUT2D eigenvalue weighted by molar-refractivity contribution is 5.93. The molecule has 3 aromatic rings. The predicted octanol–water partition coefficient (Wildman–Crippen LogP) is 4.58. The monoisotopic (exact) mass is 447 g/mol. The minimum absolute atomic E-state index is 0.0265. The number of anilines is 1. The van der Waals surface area contributed by atoms with Crippen LogP contribution in [0, 0.1) is 12.8 Å². The molecule has 0 unspecified atom stereocenters. The average molecular weight is 448 g/mol. The molecule has 0 bridgehead atoms. The van der Waals surface area contributed by atoms with Gasteiger partial charge in [-0.2, -0.15) is 4.98 Å². The van der Waals surface area contributed by atoms with Gasteiger partial charge in [0.05, 0.1) is 6.04 Å². The summed E-state index contributed by atoms with van der Waals surface area (Å²) in [6, 6.07) is 9.60. The zero-order valence-corrected chi connectivity index (χ0v) is 19.6. The van der Waals surface area contributed by atoms with Crippen molar-refractivity contribution in [1.29, 1.82) is 0 Å². The first-order chi connectivity index (χ1) is 15.6. The molecule has 0 radical (unpaired) electrons. The lowest BCUT2D eigenvalue weighted by molar-refractivity contribution is -0.117. The SMILES string of the molecule is Cc1cc(-c2ccnc(NC(=O)C3CC3)c2)ccc1[C@H](C)NC(=O)c1noc(C(C)(C)C)n1. The maximum Gasteiger partial charge on any atom is 0.293 e. The average Bonchev–Trinajstić information content (AvgIpc) is 3.48. The molecule has 1 fully saturated rings. The molecule has 2 amide bonds. The maximum atomic E-state index is 12.6. The number of aryl methyl sites for hydroxylation is 1. The smallest absolute Gasteiger partial charge is 0.293 e. The number of carbonyl (C=O) groups is 2. The summed E-state index contributed by atoms with van der Waals surface area (Å²) < 4.78 is 5.22. The van der Waals surface area contributed by atoms with Gasteiger partial charge in [-0.1, -0.05) is 44.1 Å². The molecule has 1 aromatic carbocycles. The molecule has 1 aliphatic carbocycles. The Kier molecular flexibility index (Phi) is 6.01. The first-order valence-corrected chi connectivity index (χ1v) is 11.1. The van der Waals surface area contributed by atoms with Crippen LogP contribution in [0.15, 0.2) is 41.1 Å². The van der Waals surface area contributed by atoms with Gasteiger partial charge in [0.1, 0.15) is 5.82 Å². The number of amides is 2. The van der Waals surface area contributed by atoms with Gasteiger partial charge in [0.2, 0.25) is 11.8 Å². The molecule has 33 heavy (non-hydrogen) atoms. The number of benzene rings is 1. The number of aromatic nitrogens is 3. The van der Waals surface area contributed by atoms with Crippen molar-refractivity contribution in [2.75, 3.05) is 5.32 Å². The Bertz CT molecular complexity index is 1190. The summed E-state index contributed by atoms with van der Waals surface area (Å²) in [5, 5.41) is 9.65. The predicted molar refractivity (Wildman–Crippen MR) is 125 cm³/mol. The van der Waals surface area contributed by atoms with Crippen molar-refractivity contribution in [3.05, 3.63) is 59.4 Å². The van der Waals surface area contributed by atoms with Gasteiger partial charge < -0.3 is 15.2 Å². The third kappa shape index (κ3) is 5.27. The number of rotatable bonds is 6. The van der Waals surface area contributed by atoms with E-state index in [1.807, 2.05) is 58.9 Å². The van der Waals surface area contributed by atoms with E-state index in [4.69, 9.17) is 4.52 Å². The normalized spacial score (nSPS) is 14.6. The van der Waals surface area contributed by atoms with E-state index in [0.29, 0.717) is 11.7 Å². The van der Waals surface area contributed by atoms with E-state index in [9.17, 15) is 9.59 Å². The Labute approximate surface area is 193 Å². The van der Waals surface area contributed by atoms with E-state index in [2.05, 4.69) is 31.8 Å². The lowest BCUT2D eigenvalue weighted by Crippen LogP contribution is -2.28. The zero-order valence-electron chi connectivity index (χ0n) is 19.6. The number of hydrogen-bond acceptors (Lipinski definition) is 6. The third-order valence-electron chi connectivity index (χ3n) is 5.65. The molecule has 0 spiro atoms. The molecule has 8 heteroatoms. The van der Waals surface area contributed by atoms with Crippen molar-refractivity contribution in [2.45, 2.75) is 58.9 Å². The van der Waals surface area contributed by atoms with E-state index >= 15 is 0 Å². The molecule has 0 saturated heterocycles. The van der Waals surface area contributed by atoms with Crippen LogP contribution in [0.2, 0.25) is 0 Å². The minimum Gasteiger partial charge on any atom is -0.343 e. The second-order valence-corrected chi connectivity index (χ2v) is 9.63. The molecule has 1 aliphatic rings. The summed E-state index contributed by atoms with van der Waals surface area (Å²) >= 11 is 0. The van der Waals surface area contributed by atoms with Crippen LogP contribution in [0.1, 0.15) is 74.2 Å². The van der Waals surface area contributed by atoms with Crippen molar-refractivity contribution >= 4 is 17.6 Å². The van der Waals surface area contributed by atoms with Crippen molar-refractivity contribution in [3.8, 4) is 11.1 Å². The van der Waals surface area contributed by atoms with Crippen molar-refractivity contribution in [1.82, 2.24) is 20.4 Å². The number of nitrogens with one attached hydrogen (secondary N) is 2. The van der Waals surface area contributed by atoms with Gasteiger partial charge in [-0.15, -0.1) is 0 Å². The van der Waals surface area contributed by atoms with Gasteiger partial charge in [0, 0.05) is 17.5 Å². The van der Waals surface area contributed by atoms with Crippen LogP contribution >= 0.6 is 0 Å². The fourth-order valence-electron chi connectivity index (χ4n) is 3.55. The lowest BCUT2D eigenvalue weighted by atomic mass is 9.97. The van der Waals surface area contributed by atoms with E-state index in [1.54, 1.807) is 6.20 Å². The number of hydrogen-bond donors (Lipinski definition) is 2. The molecule has 172 valence electrons. The maximum absolute atomic E-state index is 12.6. The van der Waals surface area contributed by atoms with Gasteiger partial charge in [0.25, 0.3) is 11.7 Å². The number of nitrogens with zero attached hydrogens (tertiary/aromatic N) is 3. The fraction of sp³-hybridized carbons (Fsp3) is 0.400. The van der Waals surface area contributed by atoms with Gasteiger partial charge in [-0.3, -0.25) is 9.59 Å². The second-order valence-electron chi connectivity index (χ2n) is 9.63. The van der Waals surface area contributed by atoms with Gasteiger partial charge in [-0.05, 0) is 61.1 Å². The van der Waals surface area contributed by atoms with Crippen LogP contribution < -0.4 is 10.6 Å². The van der Waals surface area contributed by atoms with Crippen LogP contribution in [-0.2, 0) is 10.2 Å². The standard InChI is InChI=1S/C25H29N5O3/c1-14-12-17(18-10-11-26-20(13-18)28-22(31)16-6-7-16)8-9-19(14)15(2)27-23(32)21-29-24(33-30-21)25(3,4)5/h8-13,15-16H,6-7H2,1-5H3,(H,27,32)(H,26,28,31)/t15-/m0/s1. The Morgan fingerprint density at radius 3 is 2.48 bits per heavy atom. The minimum atomic E-state index is -0.379. The Morgan fingerprint density at radius 1 is 1.12 bits per heavy atom. The molecule has 0 aliphatic heterocycles. The fourth-order valence-corrected chi connectivity index (χ4v) is 3.55. The summed E-state index contributed by atoms with van der Waals surface area (Å²) in [7, 11) is 0. The molecule has 2 aromatic heterocycles. The largest absolute Gasteiger partial charge is 0.343 e. The van der Waals surface area contributed by atoms with Crippen molar-refractivity contribution in [3.63, 3.8) is 0 Å². The van der Waals surface area contributed by atoms with E-state index in [-0.39, 0.29) is 35.0 Å². The second kappa shape index (κ2) is 8.77. The zero-order chi connectivity index (χ0) is 23.8. The van der Waals surface area contributed by atoms with Crippen molar-refractivity contribution < 1.29 is 14.1 Å². The molecular formula is C25H29N5O3. The summed E-state index contributed by atoms with van der Waals surface area (Å²) in [6.07, 6.45) is 3.59. The van der Waals surface area contributed by atoms with Gasteiger partial charge in [0.15, 0.2) is 0 Å². The Morgan fingerprint density at radius 2 is 1.85 bits per heavy atom. The highest BCUT2D eigenvalue weighted by atomic mass is 16.5. The first kappa shape index (κ1) is 22.6. The molecule has 2 N–H and O–H groups in total. The summed E-state index contributed by atoms with van der Waals surface area (Å²) in [6.45, 7) is 9.76. The highest BCUT2D eigenvalue weighted by Gasteiger charge is 2.30. The Balaban J connectivity index is 1.46. The summed E-state index contributed by atoms with van der Waals surface area (Å²) in [5.74, 6) is 0.787. The van der Waals surface area contributed by atoms with Crippen LogP contribution in [0.4, 0.5) is 5.82 Å². The number of carbonyl (C=O) groups excluding carboxylic acids is 2. The molecule has 2 heterocycles. The van der Waals surface area contributed by atoms with Gasteiger partial charge in [-0.25, -0.2) is 4.98 Å². The summed E-state index contributed by atoms with van der Waals surface area (Å²) in [5.41, 5.74) is 3.67. The lowest BCUT2D eigenvalue weighted by Gasteiger charge is -2.17. The third-order valence-corrected chi connectivity index (χ3v) is 5.65. The van der Waals surface area contributed by atoms with E-state index < -0.39 is 0 Å². The highest BCUT2D eigenvalue weighted by Crippen LogP contribution is 2.31. The molecule has 8 nitrogen and oxygen atoms in total. The molecule has 1 saturated carbocycles. The van der Waals surface area contributed by atoms with Crippen LogP contribution in [0.3, 0.4) is 0 Å². The van der Waals surface area contributed by atoms with Crippen LogP contribution in [0.25, 0.3) is 11.1 Å². The molecule has 4 rings (SSSR count). The van der Waals surface area contributed by atoms with Crippen LogP contribution in [0.5, 0.6) is 0 Å².